The topological polar surface area (TPSA) is 39.1 Å². The van der Waals surface area contributed by atoms with E-state index in [2.05, 4.69) is 15.9 Å². The highest BCUT2D eigenvalue weighted by Gasteiger charge is 2.19. The molecule has 1 aromatic carbocycles. The van der Waals surface area contributed by atoms with Crippen LogP contribution in [0.5, 0.6) is 0 Å². The summed E-state index contributed by atoms with van der Waals surface area (Å²) in [6, 6.07) is 0.694. The lowest BCUT2D eigenvalue weighted by Gasteiger charge is -2.10. The number of halogens is 3. The Morgan fingerprint density at radius 1 is 1.33 bits per heavy atom. The fourth-order valence-corrected chi connectivity index (χ4v) is 2.32. The van der Waals surface area contributed by atoms with Gasteiger partial charge in [-0.15, -0.1) is 0 Å². The van der Waals surface area contributed by atoms with E-state index in [1.807, 2.05) is 0 Å². The number of pyridine rings is 1. The summed E-state index contributed by atoms with van der Waals surface area (Å²) in [5.41, 5.74) is -0.824. The molecule has 0 unspecified atom stereocenters. The molecule has 0 aliphatic carbocycles. The summed E-state index contributed by atoms with van der Waals surface area (Å²) in [5, 5.41) is -0.164. The fourth-order valence-electron chi connectivity index (χ4n) is 1.84. The van der Waals surface area contributed by atoms with Crippen molar-refractivity contribution in [3.05, 3.63) is 44.2 Å². The molecule has 0 saturated heterocycles. The van der Waals surface area contributed by atoms with Gasteiger partial charge in [-0.3, -0.25) is 9.59 Å². The zero-order valence-corrected chi connectivity index (χ0v) is 11.1. The minimum absolute atomic E-state index is 0.0433. The second-order valence-electron chi connectivity index (χ2n) is 3.92. The highest BCUT2D eigenvalue weighted by atomic mass is 79.9. The van der Waals surface area contributed by atoms with Gasteiger partial charge in [0.05, 0.1) is 20.9 Å². The number of Topliss-reactive ketones (excluding diaryl/α,β-unsaturated/α-hetero) is 1. The van der Waals surface area contributed by atoms with Gasteiger partial charge in [0.2, 0.25) is 5.43 Å². The lowest BCUT2D eigenvalue weighted by Crippen LogP contribution is -2.18. The van der Waals surface area contributed by atoms with E-state index in [4.69, 9.17) is 0 Å². The normalized spacial score (nSPS) is 10.9. The van der Waals surface area contributed by atoms with Crippen molar-refractivity contribution in [1.29, 1.82) is 0 Å². The number of benzene rings is 1. The van der Waals surface area contributed by atoms with Gasteiger partial charge in [-0.25, -0.2) is 8.78 Å². The molecule has 94 valence electrons. The standard InChI is InChI=1S/C12H8BrF2NO2/c1-5(17)6-4-16(2)11-8(15)3-7(14)10(13)9(11)12(6)18/h3-4H,1-2H3. The van der Waals surface area contributed by atoms with Gasteiger partial charge >= 0.3 is 0 Å². The quantitative estimate of drug-likeness (QED) is 0.599. The van der Waals surface area contributed by atoms with Crippen molar-refractivity contribution in [1.82, 2.24) is 4.57 Å². The lowest BCUT2D eigenvalue weighted by molar-refractivity contribution is 0.101. The third kappa shape index (κ3) is 1.77. The molecule has 0 N–H and O–H groups in total. The largest absolute Gasteiger partial charge is 0.347 e. The van der Waals surface area contributed by atoms with Crippen LogP contribution in [0.1, 0.15) is 17.3 Å². The zero-order valence-electron chi connectivity index (χ0n) is 9.55. The molecule has 0 fully saturated rings. The molecule has 3 nitrogen and oxygen atoms in total. The summed E-state index contributed by atoms with van der Waals surface area (Å²) in [6.45, 7) is 1.23. The monoisotopic (exact) mass is 315 g/mol. The number of rotatable bonds is 1. The van der Waals surface area contributed by atoms with Crippen LogP contribution in [0, 0.1) is 11.6 Å². The van der Waals surface area contributed by atoms with Crippen LogP contribution in [-0.2, 0) is 7.05 Å². The Morgan fingerprint density at radius 2 is 1.94 bits per heavy atom. The first kappa shape index (κ1) is 12.9. The molecule has 1 heterocycles. The minimum atomic E-state index is -0.877. The van der Waals surface area contributed by atoms with Crippen LogP contribution in [0.15, 0.2) is 21.5 Å². The van der Waals surface area contributed by atoms with Crippen molar-refractivity contribution in [2.45, 2.75) is 6.92 Å². The van der Waals surface area contributed by atoms with Gasteiger partial charge < -0.3 is 4.57 Å². The van der Waals surface area contributed by atoms with Crippen LogP contribution in [0.4, 0.5) is 8.78 Å². The van der Waals surface area contributed by atoms with Crippen LogP contribution in [0.2, 0.25) is 0 Å². The summed E-state index contributed by atoms with van der Waals surface area (Å²) in [4.78, 5) is 23.4. The highest BCUT2D eigenvalue weighted by Crippen LogP contribution is 2.27. The molecular formula is C12H8BrF2NO2. The zero-order chi connectivity index (χ0) is 13.6. The first-order valence-corrected chi connectivity index (χ1v) is 5.81. The second kappa shape index (κ2) is 4.28. The Hall–Kier alpha value is -1.56. The number of aryl methyl sites for hydroxylation is 1. The Labute approximate surface area is 109 Å². The summed E-state index contributed by atoms with van der Waals surface area (Å²) in [5.74, 6) is -2.17. The second-order valence-corrected chi connectivity index (χ2v) is 4.71. The molecule has 18 heavy (non-hydrogen) atoms. The number of carbonyl (C=O) groups excluding carboxylic acids is 1. The Morgan fingerprint density at radius 3 is 2.50 bits per heavy atom. The van der Waals surface area contributed by atoms with E-state index in [1.54, 1.807) is 0 Å². The Kier molecular flexibility index (Phi) is 3.06. The van der Waals surface area contributed by atoms with E-state index in [1.165, 1.54) is 24.7 Å². The first-order valence-electron chi connectivity index (χ1n) is 5.02. The summed E-state index contributed by atoms with van der Waals surface area (Å²) in [6.07, 6.45) is 1.25. The van der Waals surface area contributed by atoms with E-state index in [-0.39, 0.29) is 20.9 Å². The molecule has 6 heteroatoms. The maximum Gasteiger partial charge on any atom is 0.201 e. The predicted molar refractivity (Wildman–Crippen MR) is 66.8 cm³/mol. The van der Waals surface area contributed by atoms with Crippen LogP contribution in [0.25, 0.3) is 10.9 Å². The van der Waals surface area contributed by atoms with E-state index in [9.17, 15) is 18.4 Å². The van der Waals surface area contributed by atoms with Crippen molar-refractivity contribution in [3.63, 3.8) is 0 Å². The van der Waals surface area contributed by atoms with Crippen LogP contribution in [-0.4, -0.2) is 10.4 Å². The number of ketones is 1. The molecule has 0 aliphatic heterocycles. The smallest absolute Gasteiger partial charge is 0.201 e. The molecule has 2 rings (SSSR count). The number of nitrogens with zero attached hydrogens (tertiary/aromatic N) is 1. The maximum atomic E-state index is 13.7. The molecule has 1 aromatic heterocycles. The Balaban J connectivity index is 3.14. The average Bonchev–Trinajstić information content (AvgIpc) is 2.28. The SMILES string of the molecule is CC(=O)c1cn(C)c2c(F)cc(F)c(Br)c2c1=O. The molecule has 0 atom stereocenters. The van der Waals surface area contributed by atoms with Gasteiger partial charge in [-0.1, -0.05) is 0 Å². The van der Waals surface area contributed by atoms with Gasteiger partial charge in [0, 0.05) is 19.3 Å². The van der Waals surface area contributed by atoms with E-state index in [0.717, 1.165) is 0 Å². The van der Waals surface area contributed by atoms with Gasteiger partial charge in [0.1, 0.15) is 5.82 Å². The lowest BCUT2D eigenvalue weighted by atomic mass is 10.1. The molecular weight excluding hydrogens is 308 g/mol. The van der Waals surface area contributed by atoms with E-state index >= 15 is 0 Å². The van der Waals surface area contributed by atoms with E-state index < -0.39 is 22.8 Å². The number of hydrogen-bond acceptors (Lipinski definition) is 2. The molecule has 0 aliphatic rings. The minimum Gasteiger partial charge on any atom is -0.347 e. The van der Waals surface area contributed by atoms with Crippen LogP contribution in [0.3, 0.4) is 0 Å². The number of carbonyl (C=O) groups is 1. The molecule has 0 amide bonds. The highest BCUT2D eigenvalue weighted by molar-refractivity contribution is 9.10. The van der Waals surface area contributed by atoms with Crippen molar-refractivity contribution < 1.29 is 13.6 Å². The summed E-state index contributed by atoms with van der Waals surface area (Å²) >= 11 is 2.92. The summed E-state index contributed by atoms with van der Waals surface area (Å²) < 4.78 is 28.3. The van der Waals surface area contributed by atoms with Crippen molar-refractivity contribution in [2.75, 3.05) is 0 Å². The number of aromatic nitrogens is 1. The van der Waals surface area contributed by atoms with Crippen molar-refractivity contribution >= 4 is 32.6 Å². The fraction of sp³-hybridized carbons (Fsp3) is 0.167. The number of fused-ring (bicyclic) bond motifs is 1. The van der Waals surface area contributed by atoms with Crippen molar-refractivity contribution in [2.24, 2.45) is 7.05 Å². The molecule has 0 radical (unpaired) electrons. The van der Waals surface area contributed by atoms with Crippen LogP contribution < -0.4 is 5.43 Å². The third-order valence-electron chi connectivity index (χ3n) is 2.67. The Bertz CT molecular complexity index is 737. The average molecular weight is 316 g/mol. The maximum absolute atomic E-state index is 13.7. The first-order chi connectivity index (χ1) is 8.34. The number of hydrogen-bond donors (Lipinski definition) is 0. The van der Waals surface area contributed by atoms with Gasteiger partial charge in [0.25, 0.3) is 0 Å². The van der Waals surface area contributed by atoms with Gasteiger partial charge in [0.15, 0.2) is 11.6 Å². The van der Waals surface area contributed by atoms with E-state index in [0.29, 0.717) is 6.07 Å². The summed E-state index contributed by atoms with van der Waals surface area (Å²) in [7, 11) is 1.49. The van der Waals surface area contributed by atoms with Crippen molar-refractivity contribution in [3.8, 4) is 0 Å². The molecule has 0 saturated carbocycles. The third-order valence-corrected chi connectivity index (χ3v) is 3.45. The predicted octanol–water partition coefficient (Wildman–Crippen LogP) is 2.78. The van der Waals surface area contributed by atoms with Gasteiger partial charge in [-0.2, -0.15) is 0 Å². The molecule has 0 bridgehead atoms. The van der Waals surface area contributed by atoms with Gasteiger partial charge in [-0.05, 0) is 22.9 Å². The van der Waals surface area contributed by atoms with Crippen LogP contribution >= 0.6 is 15.9 Å². The molecule has 0 spiro atoms. The molecule has 2 aromatic rings.